The van der Waals surface area contributed by atoms with E-state index >= 15 is 0 Å². The minimum atomic E-state index is -3.38. The van der Waals surface area contributed by atoms with Crippen LogP contribution >= 0.6 is 7.60 Å². The van der Waals surface area contributed by atoms with Crippen LogP contribution in [0, 0.1) is 0 Å². The number of fused-ring (bicyclic) bond motifs is 7. The predicted molar refractivity (Wildman–Crippen MR) is 115 cm³/mol. The topological polar surface area (TPSA) is 35.5 Å². The van der Waals surface area contributed by atoms with Crippen LogP contribution in [0.15, 0.2) is 84.9 Å². The van der Waals surface area contributed by atoms with Crippen LogP contribution in [0.1, 0.15) is 6.92 Å². The molecule has 0 amide bonds. The molecule has 4 heteroatoms. The van der Waals surface area contributed by atoms with Crippen molar-refractivity contribution in [3.8, 4) is 22.6 Å². The average Bonchev–Trinajstić information content (AvgIpc) is 2.86. The van der Waals surface area contributed by atoms with Gasteiger partial charge < -0.3 is 9.05 Å². The first kappa shape index (κ1) is 17.1. The van der Waals surface area contributed by atoms with Crippen molar-refractivity contribution in [2.75, 3.05) is 6.16 Å². The zero-order valence-corrected chi connectivity index (χ0v) is 16.4. The lowest BCUT2D eigenvalue weighted by atomic mass is 9.92. The first-order valence-electron chi connectivity index (χ1n) is 9.32. The van der Waals surface area contributed by atoms with E-state index in [1.807, 2.05) is 67.6 Å². The average molecular weight is 386 g/mol. The minimum absolute atomic E-state index is 0.224. The summed E-state index contributed by atoms with van der Waals surface area (Å²) < 4.78 is 25.7. The van der Waals surface area contributed by atoms with Gasteiger partial charge in [-0.2, -0.15) is 0 Å². The molecule has 28 heavy (non-hydrogen) atoms. The maximum absolute atomic E-state index is 13.5. The third kappa shape index (κ3) is 2.71. The lowest BCUT2D eigenvalue weighted by molar-refractivity contribution is 0.395. The van der Waals surface area contributed by atoms with Gasteiger partial charge in [0.05, 0.1) is 6.16 Å². The Morgan fingerprint density at radius 3 is 1.75 bits per heavy atom. The van der Waals surface area contributed by atoms with Gasteiger partial charge in [-0.15, -0.1) is 0 Å². The zero-order chi connectivity index (χ0) is 19.1. The van der Waals surface area contributed by atoms with E-state index in [1.54, 1.807) is 0 Å². The monoisotopic (exact) mass is 386 g/mol. The van der Waals surface area contributed by atoms with E-state index in [1.165, 1.54) is 0 Å². The van der Waals surface area contributed by atoms with Crippen molar-refractivity contribution in [3.63, 3.8) is 0 Å². The van der Waals surface area contributed by atoms with Crippen LogP contribution in [0.4, 0.5) is 0 Å². The summed E-state index contributed by atoms with van der Waals surface area (Å²) in [5, 5.41) is 4.32. The maximum Gasteiger partial charge on any atom is 0.434 e. The number of benzene rings is 4. The molecule has 4 aromatic rings. The molecule has 0 aromatic heterocycles. The Kier molecular flexibility index (Phi) is 3.99. The molecule has 5 rings (SSSR count). The lowest BCUT2D eigenvalue weighted by Gasteiger charge is -2.17. The molecule has 1 aliphatic heterocycles. The highest BCUT2D eigenvalue weighted by Gasteiger charge is 2.34. The van der Waals surface area contributed by atoms with Crippen molar-refractivity contribution >= 4 is 29.1 Å². The van der Waals surface area contributed by atoms with Gasteiger partial charge in [-0.25, -0.2) is 4.57 Å². The van der Waals surface area contributed by atoms with Gasteiger partial charge >= 0.3 is 7.60 Å². The summed E-state index contributed by atoms with van der Waals surface area (Å²) in [6.07, 6.45) is 3.91. The van der Waals surface area contributed by atoms with Gasteiger partial charge in [-0.1, -0.05) is 72.8 Å². The highest BCUT2D eigenvalue weighted by Crippen LogP contribution is 2.58. The van der Waals surface area contributed by atoms with E-state index in [9.17, 15) is 4.57 Å². The van der Waals surface area contributed by atoms with E-state index in [4.69, 9.17) is 9.05 Å². The van der Waals surface area contributed by atoms with E-state index in [2.05, 4.69) is 24.3 Å². The van der Waals surface area contributed by atoms with Crippen LogP contribution in [0.2, 0.25) is 0 Å². The van der Waals surface area contributed by atoms with Crippen LogP contribution in [0.3, 0.4) is 0 Å². The molecule has 0 aliphatic carbocycles. The van der Waals surface area contributed by atoms with Crippen molar-refractivity contribution in [1.29, 1.82) is 0 Å². The summed E-state index contributed by atoms with van der Waals surface area (Å²) in [6.45, 7) is 1.90. The van der Waals surface area contributed by atoms with Crippen LogP contribution in [0.25, 0.3) is 32.7 Å². The van der Waals surface area contributed by atoms with Gasteiger partial charge in [-0.3, -0.25) is 0 Å². The smallest absolute Gasteiger partial charge is 0.415 e. The Hall–Kier alpha value is -3.03. The van der Waals surface area contributed by atoms with Gasteiger partial charge in [0.1, 0.15) is 11.5 Å². The molecular weight excluding hydrogens is 367 g/mol. The molecule has 3 nitrogen and oxygen atoms in total. The first-order valence-corrected chi connectivity index (χ1v) is 11.0. The molecule has 0 saturated carbocycles. The molecule has 0 atom stereocenters. The third-order valence-electron chi connectivity index (χ3n) is 5.07. The molecule has 0 N–H and O–H groups in total. The summed E-state index contributed by atoms with van der Waals surface area (Å²) in [5.41, 5.74) is 1.87. The summed E-state index contributed by atoms with van der Waals surface area (Å²) in [5.74, 6) is 1.20. The summed E-state index contributed by atoms with van der Waals surface area (Å²) in [4.78, 5) is 0. The van der Waals surface area contributed by atoms with Crippen molar-refractivity contribution in [2.24, 2.45) is 0 Å². The molecule has 0 fully saturated rings. The fourth-order valence-electron chi connectivity index (χ4n) is 3.80. The highest BCUT2D eigenvalue weighted by atomic mass is 31.2. The third-order valence-corrected chi connectivity index (χ3v) is 6.68. The highest BCUT2D eigenvalue weighted by molar-refractivity contribution is 7.54. The predicted octanol–water partition coefficient (Wildman–Crippen LogP) is 7.20. The van der Waals surface area contributed by atoms with E-state index in [0.29, 0.717) is 11.5 Å². The quantitative estimate of drug-likeness (QED) is 0.270. The standard InChI is InChI=1S/C24H19O3P/c1-2-3-16-28(25)26-21-14-12-17-8-4-6-10-19(17)23(21)24-20-11-7-5-9-18(20)13-15-22(24)27-28/h2-15H,16H2,1H3/b3-2-. The summed E-state index contributed by atoms with van der Waals surface area (Å²) in [6, 6.07) is 24.2. The van der Waals surface area contributed by atoms with Gasteiger partial charge in [-0.05, 0) is 40.6 Å². The normalized spacial score (nSPS) is 14.9. The van der Waals surface area contributed by atoms with Crippen molar-refractivity contribution in [1.82, 2.24) is 0 Å². The van der Waals surface area contributed by atoms with Crippen molar-refractivity contribution < 1.29 is 13.6 Å². The molecule has 138 valence electrons. The van der Waals surface area contributed by atoms with Gasteiger partial charge in [0, 0.05) is 11.1 Å². The molecular formula is C24H19O3P. The minimum Gasteiger partial charge on any atom is -0.415 e. The first-order chi connectivity index (χ1) is 13.7. The molecule has 0 spiro atoms. The molecule has 4 aromatic carbocycles. The molecule has 0 saturated heterocycles. The number of hydrogen-bond donors (Lipinski definition) is 0. The Bertz CT molecular complexity index is 1200. The molecule has 0 radical (unpaired) electrons. The molecule has 1 aliphatic rings. The van der Waals surface area contributed by atoms with Crippen LogP contribution < -0.4 is 9.05 Å². The second kappa shape index (κ2) is 6.54. The largest absolute Gasteiger partial charge is 0.434 e. The van der Waals surface area contributed by atoms with Crippen molar-refractivity contribution in [2.45, 2.75) is 6.92 Å². The maximum atomic E-state index is 13.5. The number of allylic oxidation sites excluding steroid dienone is 2. The van der Waals surface area contributed by atoms with Gasteiger partial charge in [0.2, 0.25) is 0 Å². The second-order valence-electron chi connectivity index (χ2n) is 6.86. The SMILES string of the molecule is C/C=C\CP1(=O)Oc2ccc3ccccc3c2-c2c(ccc3ccccc23)O1. The number of rotatable bonds is 2. The van der Waals surface area contributed by atoms with Gasteiger partial charge in [0.25, 0.3) is 0 Å². The van der Waals surface area contributed by atoms with Crippen molar-refractivity contribution in [3.05, 3.63) is 84.9 Å². The van der Waals surface area contributed by atoms with Crippen LogP contribution in [0.5, 0.6) is 11.5 Å². The molecule has 0 bridgehead atoms. The molecule has 0 unspecified atom stereocenters. The lowest BCUT2D eigenvalue weighted by Crippen LogP contribution is -2.02. The summed E-state index contributed by atoms with van der Waals surface area (Å²) >= 11 is 0. The zero-order valence-electron chi connectivity index (χ0n) is 15.5. The Morgan fingerprint density at radius 2 is 1.25 bits per heavy atom. The Morgan fingerprint density at radius 1 is 0.750 bits per heavy atom. The number of hydrogen-bond acceptors (Lipinski definition) is 3. The molecule has 1 heterocycles. The van der Waals surface area contributed by atoms with Gasteiger partial charge in [0.15, 0.2) is 0 Å². The van der Waals surface area contributed by atoms with Crippen LogP contribution in [-0.2, 0) is 4.57 Å². The Labute approximate surface area is 163 Å². The second-order valence-corrected chi connectivity index (χ2v) is 8.82. The Balaban J connectivity index is 1.91. The van der Waals surface area contributed by atoms with E-state index in [-0.39, 0.29) is 6.16 Å². The summed E-state index contributed by atoms with van der Waals surface area (Å²) in [7, 11) is -3.38. The fraction of sp³-hybridized carbons (Fsp3) is 0.0833. The van der Waals surface area contributed by atoms with E-state index < -0.39 is 7.60 Å². The van der Waals surface area contributed by atoms with Crippen LogP contribution in [-0.4, -0.2) is 6.16 Å². The fourth-order valence-corrected chi connectivity index (χ4v) is 5.36. The van der Waals surface area contributed by atoms with E-state index in [0.717, 1.165) is 32.7 Å².